The summed E-state index contributed by atoms with van der Waals surface area (Å²) in [6.45, 7) is 4.36. The van der Waals surface area contributed by atoms with Gasteiger partial charge in [-0.05, 0) is 17.0 Å². The second kappa shape index (κ2) is 7.41. The van der Waals surface area contributed by atoms with Crippen LogP contribution in [0.1, 0.15) is 30.9 Å². The normalized spacial score (nSPS) is 10.8. The fraction of sp³-hybridized carbons (Fsp3) is 0.200. The molecule has 3 rings (SSSR count). The monoisotopic (exact) mass is 336 g/mol. The van der Waals surface area contributed by atoms with Crippen LogP contribution in [0.5, 0.6) is 0 Å². The summed E-state index contributed by atoms with van der Waals surface area (Å²) in [5.74, 6) is 0.472. The van der Waals surface area contributed by atoms with Gasteiger partial charge in [-0.1, -0.05) is 68.4 Å². The molecule has 1 N–H and O–H groups in total. The molecule has 0 aliphatic carbocycles. The number of thiazole rings is 1. The zero-order chi connectivity index (χ0) is 16.9. The fourth-order valence-corrected chi connectivity index (χ4v) is 3.18. The highest BCUT2D eigenvalue weighted by molar-refractivity contribution is 7.14. The van der Waals surface area contributed by atoms with Gasteiger partial charge >= 0.3 is 0 Å². The Kier molecular flexibility index (Phi) is 5.06. The Balaban J connectivity index is 1.66. The number of anilines is 1. The Morgan fingerprint density at radius 2 is 1.79 bits per heavy atom. The molecule has 122 valence electrons. The third-order valence-corrected chi connectivity index (χ3v) is 4.59. The molecular formula is C20H20N2OS. The van der Waals surface area contributed by atoms with Crippen LogP contribution in [0.3, 0.4) is 0 Å². The molecule has 0 saturated heterocycles. The number of nitrogens with one attached hydrogen (secondary N) is 1. The summed E-state index contributed by atoms with van der Waals surface area (Å²) in [7, 11) is 0. The third-order valence-electron chi connectivity index (χ3n) is 3.83. The summed E-state index contributed by atoms with van der Waals surface area (Å²) in [4.78, 5) is 16.6. The highest BCUT2D eigenvalue weighted by atomic mass is 32.1. The molecule has 3 aromatic rings. The molecule has 1 heterocycles. The minimum atomic E-state index is -0.0442. The van der Waals surface area contributed by atoms with Gasteiger partial charge in [-0.2, -0.15) is 0 Å². The second-order valence-electron chi connectivity index (χ2n) is 6.03. The average molecular weight is 336 g/mol. The lowest BCUT2D eigenvalue weighted by molar-refractivity contribution is -0.115. The number of carbonyl (C=O) groups is 1. The number of hydrogen-bond donors (Lipinski definition) is 1. The van der Waals surface area contributed by atoms with Crippen molar-refractivity contribution in [3.63, 3.8) is 0 Å². The van der Waals surface area contributed by atoms with Crippen LogP contribution in [0, 0.1) is 0 Å². The second-order valence-corrected chi connectivity index (χ2v) is 6.88. The molecule has 0 atom stereocenters. The molecule has 3 nitrogen and oxygen atoms in total. The number of nitrogens with zero attached hydrogens (tertiary/aromatic N) is 1. The molecule has 0 aliphatic heterocycles. The molecule has 24 heavy (non-hydrogen) atoms. The molecule has 0 aliphatic rings. The SMILES string of the molecule is CC(C)c1ccc(-c2csc(NC(=O)Cc3ccccc3)n2)cc1. The van der Waals surface area contributed by atoms with Crippen molar-refractivity contribution in [1.82, 2.24) is 4.98 Å². The summed E-state index contributed by atoms with van der Waals surface area (Å²) in [6, 6.07) is 18.1. The number of aromatic nitrogens is 1. The van der Waals surface area contributed by atoms with E-state index in [0.717, 1.165) is 16.8 Å². The summed E-state index contributed by atoms with van der Waals surface area (Å²) in [6.07, 6.45) is 0.360. The van der Waals surface area contributed by atoms with E-state index in [-0.39, 0.29) is 5.91 Å². The summed E-state index contributed by atoms with van der Waals surface area (Å²) in [5, 5.41) is 5.49. The van der Waals surface area contributed by atoms with Gasteiger partial charge < -0.3 is 5.32 Å². The molecule has 2 aromatic carbocycles. The maximum atomic E-state index is 12.1. The van der Waals surface area contributed by atoms with Gasteiger partial charge in [-0.3, -0.25) is 4.79 Å². The van der Waals surface area contributed by atoms with Crippen molar-refractivity contribution >= 4 is 22.4 Å². The first-order chi connectivity index (χ1) is 11.6. The van der Waals surface area contributed by atoms with Gasteiger partial charge in [0.15, 0.2) is 5.13 Å². The van der Waals surface area contributed by atoms with Gasteiger partial charge in [0.25, 0.3) is 0 Å². The first-order valence-corrected chi connectivity index (χ1v) is 8.89. The Hall–Kier alpha value is -2.46. The summed E-state index contributed by atoms with van der Waals surface area (Å²) in [5.41, 5.74) is 4.27. The maximum Gasteiger partial charge on any atom is 0.230 e. The van der Waals surface area contributed by atoms with Crippen LogP contribution in [0.25, 0.3) is 11.3 Å². The molecule has 0 spiro atoms. The molecular weight excluding hydrogens is 316 g/mol. The van der Waals surface area contributed by atoms with Crippen molar-refractivity contribution in [2.75, 3.05) is 5.32 Å². The Morgan fingerprint density at radius 1 is 1.08 bits per heavy atom. The van der Waals surface area contributed by atoms with E-state index in [2.05, 4.69) is 48.4 Å². The van der Waals surface area contributed by atoms with E-state index in [1.165, 1.54) is 16.9 Å². The molecule has 0 unspecified atom stereocenters. The average Bonchev–Trinajstić information content (AvgIpc) is 3.04. The van der Waals surface area contributed by atoms with Crippen LogP contribution in [0.2, 0.25) is 0 Å². The number of rotatable bonds is 5. The predicted octanol–water partition coefficient (Wildman–Crippen LogP) is 5.11. The zero-order valence-electron chi connectivity index (χ0n) is 13.8. The van der Waals surface area contributed by atoms with Crippen LogP contribution in [0.4, 0.5) is 5.13 Å². The number of carbonyl (C=O) groups excluding carboxylic acids is 1. The lowest BCUT2D eigenvalue weighted by Gasteiger charge is -2.05. The van der Waals surface area contributed by atoms with E-state index >= 15 is 0 Å². The highest BCUT2D eigenvalue weighted by Gasteiger charge is 2.09. The minimum Gasteiger partial charge on any atom is -0.302 e. The third kappa shape index (κ3) is 4.09. The quantitative estimate of drug-likeness (QED) is 0.703. The smallest absolute Gasteiger partial charge is 0.230 e. The van der Waals surface area contributed by atoms with Crippen LogP contribution >= 0.6 is 11.3 Å². The zero-order valence-corrected chi connectivity index (χ0v) is 14.6. The number of hydrogen-bond acceptors (Lipinski definition) is 3. The topological polar surface area (TPSA) is 42.0 Å². The number of benzene rings is 2. The Bertz CT molecular complexity index is 807. The van der Waals surface area contributed by atoms with Crippen molar-refractivity contribution in [2.45, 2.75) is 26.2 Å². The van der Waals surface area contributed by atoms with Crippen molar-refractivity contribution in [3.05, 3.63) is 71.1 Å². The minimum absolute atomic E-state index is 0.0442. The van der Waals surface area contributed by atoms with Gasteiger partial charge in [-0.25, -0.2) is 4.98 Å². The lowest BCUT2D eigenvalue weighted by Crippen LogP contribution is -2.14. The number of amides is 1. The molecule has 1 amide bonds. The fourth-order valence-electron chi connectivity index (χ4n) is 2.45. The van der Waals surface area contributed by atoms with E-state index in [1.807, 2.05) is 35.7 Å². The van der Waals surface area contributed by atoms with Gasteiger partial charge in [0.05, 0.1) is 12.1 Å². The lowest BCUT2D eigenvalue weighted by atomic mass is 10.0. The highest BCUT2D eigenvalue weighted by Crippen LogP contribution is 2.26. The van der Waals surface area contributed by atoms with Crippen molar-refractivity contribution in [3.8, 4) is 11.3 Å². The Morgan fingerprint density at radius 3 is 2.46 bits per heavy atom. The van der Waals surface area contributed by atoms with E-state index < -0.39 is 0 Å². The van der Waals surface area contributed by atoms with Gasteiger partial charge in [0, 0.05) is 10.9 Å². The van der Waals surface area contributed by atoms with Crippen LogP contribution in [-0.2, 0) is 11.2 Å². The van der Waals surface area contributed by atoms with E-state index in [9.17, 15) is 4.79 Å². The van der Waals surface area contributed by atoms with Gasteiger partial charge in [0.2, 0.25) is 5.91 Å². The van der Waals surface area contributed by atoms with Crippen LogP contribution in [0.15, 0.2) is 60.0 Å². The van der Waals surface area contributed by atoms with Crippen LogP contribution < -0.4 is 5.32 Å². The molecule has 4 heteroatoms. The van der Waals surface area contributed by atoms with E-state index in [4.69, 9.17) is 0 Å². The van der Waals surface area contributed by atoms with E-state index in [1.54, 1.807) is 0 Å². The van der Waals surface area contributed by atoms with Gasteiger partial charge in [-0.15, -0.1) is 11.3 Å². The largest absolute Gasteiger partial charge is 0.302 e. The molecule has 1 aromatic heterocycles. The van der Waals surface area contributed by atoms with Crippen molar-refractivity contribution < 1.29 is 4.79 Å². The van der Waals surface area contributed by atoms with Crippen molar-refractivity contribution in [2.24, 2.45) is 0 Å². The molecule has 0 saturated carbocycles. The summed E-state index contributed by atoms with van der Waals surface area (Å²) >= 11 is 1.45. The van der Waals surface area contributed by atoms with E-state index in [0.29, 0.717) is 17.5 Å². The van der Waals surface area contributed by atoms with Gasteiger partial charge in [0.1, 0.15) is 0 Å². The standard InChI is InChI=1S/C20H20N2OS/c1-14(2)16-8-10-17(11-9-16)18-13-24-20(21-18)22-19(23)12-15-6-4-3-5-7-15/h3-11,13-14H,12H2,1-2H3,(H,21,22,23). The summed E-state index contributed by atoms with van der Waals surface area (Å²) < 4.78 is 0. The molecule has 0 bridgehead atoms. The first-order valence-electron chi connectivity index (χ1n) is 8.01. The predicted molar refractivity (Wildman–Crippen MR) is 100 cm³/mol. The molecule has 0 fully saturated rings. The van der Waals surface area contributed by atoms with Crippen LogP contribution in [-0.4, -0.2) is 10.9 Å². The Labute approximate surface area is 146 Å². The molecule has 0 radical (unpaired) electrons. The van der Waals surface area contributed by atoms with Crippen molar-refractivity contribution in [1.29, 1.82) is 0 Å². The maximum absolute atomic E-state index is 12.1. The first kappa shape index (κ1) is 16.4.